The molecule has 1 aromatic rings. The number of rotatable bonds is 1. The molecule has 0 atom stereocenters. The molecule has 0 bridgehead atoms. The highest BCUT2D eigenvalue weighted by Crippen LogP contribution is 1.94. The third-order valence-corrected chi connectivity index (χ3v) is 2.76. The minimum Gasteiger partial charge on any atom is -0.464 e. The molecule has 72 valence electrons. The van der Waals surface area contributed by atoms with Gasteiger partial charge in [0.15, 0.2) is 0 Å². The van der Waals surface area contributed by atoms with Gasteiger partial charge < -0.3 is 10.1 Å². The molecule has 2 rings (SSSR count). The Bertz CT molecular complexity index is 501. The van der Waals surface area contributed by atoms with E-state index in [2.05, 4.69) is 15.0 Å². The van der Waals surface area contributed by atoms with Gasteiger partial charge in [-0.05, 0) is 11.4 Å². The lowest BCUT2D eigenvalue weighted by molar-refractivity contribution is -0.134. The standard InChI is InChI=1S/C9H8N2O2S/c1-13-9(12)7-8-6(2-3-14-8)4-10-5-11-7/h2-5H,1H3,(H,10,11). The molecule has 1 aliphatic heterocycles. The molecule has 0 amide bonds. The lowest BCUT2D eigenvalue weighted by atomic mass is 10.3. The maximum absolute atomic E-state index is 11.4. The van der Waals surface area contributed by atoms with Gasteiger partial charge >= 0.3 is 5.97 Å². The van der Waals surface area contributed by atoms with Gasteiger partial charge in [-0.25, -0.2) is 9.79 Å². The Morgan fingerprint density at radius 3 is 3.29 bits per heavy atom. The van der Waals surface area contributed by atoms with Gasteiger partial charge in [0.2, 0.25) is 0 Å². The van der Waals surface area contributed by atoms with Crippen LogP contribution in [-0.2, 0) is 9.53 Å². The van der Waals surface area contributed by atoms with Gasteiger partial charge in [-0.15, -0.1) is 11.3 Å². The average Bonchev–Trinajstić information content (AvgIpc) is 2.57. The fourth-order valence-electron chi connectivity index (χ4n) is 1.16. The van der Waals surface area contributed by atoms with Gasteiger partial charge in [0.1, 0.15) is 5.70 Å². The van der Waals surface area contributed by atoms with Crippen LogP contribution in [0, 0.1) is 0 Å². The summed E-state index contributed by atoms with van der Waals surface area (Å²) >= 11 is 1.48. The molecule has 0 unspecified atom stereocenters. The van der Waals surface area contributed by atoms with Gasteiger partial charge in [-0.1, -0.05) is 0 Å². The molecule has 0 fully saturated rings. The van der Waals surface area contributed by atoms with Crippen LogP contribution in [0.2, 0.25) is 0 Å². The molecular weight excluding hydrogens is 200 g/mol. The molecule has 1 aliphatic rings. The molecule has 0 saturated heterocycles. The quantitative estimate of drug-likeness (QED) is 0.627. The summed E-state index contributed by atoms with van der Waals surface area (Å²) in [6.07, 6.45) is 3.17. The predicted octanol–water partition coefficient (Wildman–Crippen LogP) is -0.601. The zero-order valence-electron chi connectivity index (χ0n) is 7.48. The van der Waals surface area contributed by atoms with E-state index in [1.54, 1.807) is 6.20 Å². The molecule has 14 heavy (non-hydrogen) atoms. The summed E-state index contributed by atoms with van der Waals surface area (Å²) in [7, 11) is 1.36. The van der Waals surface area contributed by atoms with Crippen molar-refractivity contribution in [2.45, 2.75) is 0 Å². The van der Waals surface area contributed by atoms with Crippen molar-refractivity contribution < 1.29 is 9.53 Å². The zero-order chi connectivity index (χ0) is 9.97. The van der Waals surface area contributed by atoms with E-state index in [1.807, 2.05) is 11.4 Å². The number of hydrogen-bond donors (Lipinski definition) is 1. The zero-order valence-corrected chi connectivity index (χ0v) is 8.30. The molecule has 0 aromatic carbocycles. The monoisotopic (exact) mass is 208 g/mol. The number of hydrogen-bond acceptors (Lipinski definition) is 5. The minimum atomic E-state index is -0.379. The first kappa shape index (κ1) is 8.96. The highest BCUT2D eigenvalue weighted by molar-refractivity contribution is 7.08. The molecule has 5 heteroatoms. The summed E-state index contributed by atoms with van der Waals surface area (Å²) in [6, 6.07) is 1.91. The highest BCUT2D eigenvalue weighted by atomic mass is 32.1. The second-order valence-electron chi connectivity index (χ2n) is 2.62. The van der Waals surface area contributed by atoms with Crippen LogP contribution < -0.4 is 15.1 Å². The summed E-state index contributed by atoms with van der Waals surface area (Å²) in [5.41, 5.74) is 0.440. The Kier molecular flexibility index (Phi) is 2.32. The maximum Gasteiger partial charge on any atom is 0.356 e. The molecular formula is C9H8N2O2S. The molecule has 2 heterocycles. The van der Waals surface area contributed by atoms with Crippen LogP contribution in [0.15, 0.2) is 16.4 Å². The number of aliphatic imine (C=N–C) groups is 1. The van der Waals surface area contributed by atoms with Crippen molar-refractivity contribution in [3.8, 4) is 0 Å². The molecule has 0 aliphatic carbocycles. The predicted molar refractivity (Wildman–Crippen MR) is 55.1 cm³/mol. The largest absolute Gasteiger partial charge is 0.464 e. The van der Waals surface area contributed by atoms with E-state index >= 15 is 0 Å². The number of fused-ring (bicyclic) bond motifs is 1. The Labute approximate surface area is 84.2 Å². The number of methoxy groups -OCH3 is 1. The first-order valence-electron chi connectivity index (χ1n) is 3.97. The molecule has 4 nitrogen and oxygen atoms in total. The van der Waals surface area contributed by atoms with E-state index in [4.69, 9.17) is 0 Å². The number of nitrogens with zero attached hydrogens (tertiary/aromatic N) is 1. The number of carbonyl (C=O) groups is 1. The fourth-order valence-corrected chi connectivity index (χ4v) is 2.03. The van der Waals surface area contributed by atoms with Gasteiger partial charge in [0.05, 0.1) is 18.0 Å². The lowest BCUT2D eigenvalue weighted by Gasteiger charge is -2.01. The summed E-state index contributed by atoms with van der Waals surface area (Å²) in [4.78, 5) is 15.4. The van der Waals surface area contributed by atoms with E-state index in [9.17, 15) is 4.79 Å². The molecule has 1 aromatic heterocycles. The molecule has 0 spiro atoms. The van der Waals surface area contributed by atoms with Crippen LogP contribution in [0.25, 0.3) is 11.9 Å². The van der Waals surface area contributed by atoms with Crippen molar-refractivity contribution in [3.63, 3.8) is 0 Å². The van der Waals surface area contributed by atoms with Crippen molar-refractivity contribution in [1.82, 2.24) is 5.32 Å². The second kappa shape index (κ2) is 3.63. The molecule has 0 saturated carbocycles. The topological polar surface area (TPSA) is 50.7 Å². The van der Waals surface area contributed by atoms with E-state index < -0.39 is 0 Å². The number of ether oxygens (including phenoxy) is 1. The number of nitrogens with one attached hydrogen (secondary N) is 1. The summed E-state index contributed by atoms with van der Waals surface area (Å²) in [5.74, 6) is -0.379. The number of carbonyl (C=O) groups excluding carboxylic acids is 1. The number of thiophene rings is 1. The van der Waals surface area contributed by atoms with Crippen molar-refractivity contribution in [2.75, 3.05) is 7.11 Å². The van der Waals surface area contributed by atoms with Crippen LogP contribution in [0.1, 0.15) is 0 Å². The third kappa shape index (κ3) is 1.42. The van der Waals surface area contributed by atoms with E-state index in [1.165, 1.54) is 24.8 Å². The third-order valence-electron chi connectivity index (χ3n) is 1.81. The fraction of sp³-hybridized carbons (Fsp3) is 0.111. The number of esters is 1. The van der Waals surface area contributed by atoms with Crippen LogP contribution in [0.5, 0.6) is 0 Å². The van der Waals surface area contributed by atoms with E-state index in [0.717, 1.165) is 9.75 Å². The normalized spacial score (nSPS) is 13.6. The highest BCUT2D eigenvalue weighted by Gasteiger charge is 2.11. The second-order valence-corrected chi connectivity index (χ2v) is 3.54. The van der Waals surface area contributed by atoms with Gasteiger partial charge in [-0.3, -0.25) is 0 Å². The Morgan fingerprint density at radius 1 is 1.64 bits per heavy atom. The summed E-state index contributed by atoms with van der Waals surface area (Å²) in [5, 5.41) is 5.64. The molecule has 1 N–H and O–H groups in total. The summed E-state index contributed by atoms with van der Waals surface area (Å²) < 4.78 is 5.52. The van der Waals surface area contributed by atoms with Gasteiger partial charge in [0, 0.05) is 11.4 Å². The minimum absolute atomic E-state index is 0.379. The van der Waals surface area contributed by atoms with Crippen molar-refractivity contribution >= 4 is 35.5 Å². The van der Waals surface area contributed by atoms with Gasteiger partial charge in [0.25, 0.3) is 0 Å². The maximum atomic E-state index is 11.4. The van der Waals surface area contributed by atoms with Crippen molar-refractivity contribution in [2.24, 2.45) is 4.99 Å². The van der Waals surface area contributed by atoms with Gasteiger partial charge in [-0.2, -0.15) is 0 Å². The van der Waals surface area contributed by atoms with Crippen LogP contribution in [0.4, 0.5) is 0 Å². The molecule has 0 radical (unpaired) electrons. The first-order chi connectivity index (χ1) is 6.83. The van der Waals surface area contributed by atoms with E-state index in [0.29, 0.717) is 5.70 Å². The average molecular weight is 208 g/mol. The Balaban J connectivity index is 2.71. The smallest absolute Gasteiger partial charge is 0.356 e. The summed E-state index contributed by atoms with van der Waals surface area (Å²) in [6.45, 7) is 0. The van der Waals surface area contributed by atoms with Crippen LogP contribution in [0.3, 0.4) is 0 Å². The first-order valence-corrected chi connectivity index (χ1v) is 4.85. The van der Waals surface area contributed by atoms with Crippen LogP contribution >= 0.6 is 11.3 Å². The lowest BCUT2D eigenvalue weighted by Crippen LogP contribution is -2.30. The van der Waals surface area contributed by atoms with Crippen LogP contribution in [-0.4, -0.2) is 19.4 Å². The van der Waals surface area contributed by atoms with Crippen molar-refractivity contribution in [3.05, 3.63) is 21.2 Å². The Hall–Kier alpha value is -1.62. The van der Waals surface area contributed by atoms with E-state index in [-0.39, 0.29) is 5.97 Å². The SMILES string of the molecule is COC(=O)C1=c2sccc2=CN=CN1. The Morgan fingerprint density at radius 2 is 2.50 bits per heavy atom. The van der Waals surface area contributed by atoms with Crippen molar-refractivity contribution in [1.29, 1.82) is 0 Å².